The summed E-state index contributed by atoms with van der Waals surface area (Å²) in [6, 6.07) is 38.9. The molecule has 1 aromatic heterocycles. The van der Waals surface area contributed by atoms with Gasteiger partial charge in [0, 0.05) is 24.5 Å². The zero-order valence-electron chi connectivity index (χ0n) is 21.2. The third kappa shape index (κ3) is 3.54. The second kappa shape index (κ2) is 9.26. The topological polar surface area (TPSA) is 34.6 Å². The molecule has 182 valence electrons. The summed E-state index contributed by atoms with van der Waals surface area (Å²) in [4.78, 5) is 7.08. The number of hydrogen-bond acceptors (Lipinski definition) is 4. The van der Waals surface area contributed by atoms with Crippen molar-refractivity contribution in [1.29, 1.82) is 0 Å². The minimum Gasteiger partial charge on any atom is -0.497 e. The Bertz CT molecular complexity index is 1500. The Labute approximate surface area is 218 Å². The van der Waals surface area contributed by atoms with Crippen molar-refractivity contribution >= 4 is 40.2 Å². The van der Waals surface area contributed by atoms with Crippen molar-refractivity contribution in [3.63, 3.8) is 0 Å². The Balaban J connectivity index is 1.76. The van der Waals surface area contributed by atoms with Gasteiger partial charge >= 0.3 is 0 Å². The Hall–Kier alpha value is -4.35. The number of anilines is 2. The van der Waals surface area contributed by atoms with Gasteiger partial charge in [-0.3, -0.25) is 4.98 Å². The Morgan fingerprint density at radius 1 is 0.622 bits per heavy atom. The van der Waals surface area contributed by atoms with Gasteiger partial charge in [0.1, 0.15) is 11.5 Å². The first-order chi connectivity index (χ1) is 18.2. The quantitative estimate of drug-likeness (QED) is 0.339. The van der Waals surface area contributed by atoms with Gasteiger partial charge in [-0.1, -0.05) is 66.7 Å². The maximum atomic E-state index is 5.54. The summed E-state index contributed by atoms with van der Waals surface area (Å²) in [5.41, 5.74) is 4.53. The van der Waals surface area contributed by atoms with Crippen LogP contribution in [0.1, 0.15) is 0 Å². The fourth-order valence-electron chi connectivity index (χ4n) is 5.76. The number of fused-ring (bicyclic) bond motifs is 2. The molecule has 0 aliphatic carbocycles. The molecule has 5 aromatic rings. The molecule has 37 heavy (non-hydrogen) atoms. The Kier molecular flexibility index (Phi) is 5.78. The lowest BCUT2D eigenvalue weighted by molar-refractivity contribution is 0.415. The summed E-state index contributed by atoms with van der Waals surface area (Å²) >= 11 is 0. The summed E-state index contributed by atoms with van der Waals surface area (Å²) in [6.45, 7) is 0. The highest BCUT2D eigenvalue weighted by atomic mass is 28.3. The van der Waals surface area contributed by atoms with Gasteiger partial charge in [-0.15, -0.1) is 0 Å². The van der Waals surface area contributed by atoms with Gasteiger partial charge in [0.2, 0.25) is 0 Å². The highest BCUT2D eigenvalue weighted by molar-refractivity contribution is 7.21. The highest BCUT2D eigenvalue weighted by Crippen LogP contribution is 2.37. The molecule has 4 nitrogen and oxygen atoms in total. The van der Waals surface area contributed by atoms with E-state index >= 15 is 0 Å². The number of pyridine rings is 1. The van der Waals surface area contributed by atoms with E-state index in [0.717, 1.165) is 22.8 Å². The van der Waals surface area contributed by atoms with E-state index in [4.69, 9.17) is 14.5 Å². The van der Waals surface area contributed by atoms with Crippen molar-refractivity contribution in [1.82, 2.24) is 4.98 Å². The van der Waals surface area contributed by atoms with Crippen LogP contribution in [0.4, 0.5) is 11.4 Å². The average Bonchev–Trinajstić information content (AvgIpc) is 2.98. The molecule has 1 aliphatic heterocycles. The minimum absolute atomic E-state index is 0.853. The van der Waals surface area contributed by atoms with Crippen LogP contribution >= 0.6 is 0 Å². The second-order valence-electron chi connectivity index (χ2n) is 9.20. The maximum absolute atomic E-state index is 5.54. The number of rotatable bonds is 5. The number of nitrogens with zero attached hydrogens (tertiary/aromatic N) is 2. The van der Waals surface area contributed by atoms with Gasteiger partial charge in [0.05, 0.1) is 25.6 Å². The van der Waals surface area contributed by atoms with E-state index in [1.165, 1.54) is 32.1 Å². The highest BCUT2D eigenvalue weighted by Gasteiger charge is 2.48. The van der Waals surface area contributed by atoms with Crippen LogP contribution < -0.4 is 35.1 Å². The zero-order chi connectivity index (χ0) is 25.4. The van der Waals surface area contributed by atoms with Crippen molar-refractivity contribution in [3.8, 4) is 22.8 Å². The molecule has 0 saturated heterocycles. The second-order valence-corrected chi connectivity index (χ2v) is 12.9. The summed E-state index contributed by atoms with van der Waals surface area (Å²) in [6.07, 6.45) is 1.86. The first kappa shape index (κ1) is 23.1. The van der Waals surface area contributed by atoms with E-state index in [-0.39, 0.29) is 0 Å². The fourth-order valence-corrected chi connectivity index (χ4v) is 10.9. The van der Waals surface area contributed by atoms with Crippen LogP contribution in [0.2, 0.25) is 0 Å². The lowest BCUT2D eigenvalue weighted by Crippen LogP contribution is -2.77. The van der Waals surface area contributed by atoms with Crippen molar-refractivity contribution in [3.05, 3.63) is 115 Å². The molecule has 0 radical (unpaired) electrons. The van der Waals surface area contributed by atoms with Crippen LogP contribution in [0.5, 0.6) is 11.5 Å². The normalized spacial score (nSPS) is 13.4. The molecule has 1 aliphatic rings. The minimum atomic E-state index is -2.73. The molecule has 0 N–H and O–H groups in total. The van der Waals surface area contributed by atoms with Gasteiger partial charge < -0.3 is 14.4 Å². The van der Waals surface area contributed by atoms with Crippen LogP contribution in [0.3, 0.4) is 0 Å². The largest absolute Gasteiger partial charge is 0.497 e. The molecular formula is C32H28N2O2Si. The van der Waals surface area contributed by atoms with Crippen LogP contribution in [0, 0.1) is 0 Å². The number of methoxy groups -OCH3 is 2. The van der Waals surface area contributed by atoms with E-state index in [0.29, 0.717) is 0 Å². The lowest BCUT2D eigenvalue weighted by atomic mass is 10.1. The molecule has 0 amide bonds. The molecule has 4 aromatic carbocycles. The predicted molar refractivity (Wildman–Crippen MR) is 154 cm³/mol. The molecule has 2 heterocycles. The number of benzene rings is 4. The van der Waals surface area contributed by atoms with Crippen molar-refractivity contribution in [2.24, 2.45) is 0 Å². The Morgan fingerprint density at radius 2 is 1.22 bits per heavy atom. The van der Waals surface area contributed by atoms with Crippen LogP contribution in [-0.2, 0) is 0 Å². The molecule has 0 unspecified atom stereocenters. The van der Waals surface area contributed by atoms with Crippen LogP contribution in [-0.4, -0.2) is 34.3 Å². The van der Waals surface area contributed by atoms with E-state index < -0.39 is 8.07 Å². The monoisotopic (exact) mass is 500 g/mol. The molecule has 5 heteroatoms. The fraction of sp³-hybridized carbons (Fsp3) is 0.0938. The summed E-state index contributed by atoms with van der Waals surface area (Å²) in [5, 5.41) is 5.31. The van der Waals surface area contributed by atoms with E-state index in [9.17, 15) is 0 Å². The van der Waals surface area contributed by atoms with Crippen molar-refractivity contribution < 1.29 is 9.47 Å². The standard InChI is InChI=1S/C32H28N2O2Si/c1-34-29-11-4-5-12-30(29)37(25-18-14-23(35-2)15-19-25,26-20-16-24(36-3)17-21-26)31-13-8-9-27(32(31)34)28-10-6-7-22-33-28/h4-22H,1-3H3. The van der Waals surface area contributed by atoms with E-state index in [1.54, 1.807) is 14.2 Å². The molecule has 0 saturated carbocycles. The number of ether oxygens (including phenoxy) is 2. The summed E-state index contributed by atoms with van der Waals surface area (Å²) < 4.78 is 11.1. The summed E-state index contributed by atoms with van der Waals surface area (Å²) in [7, 11) is 2.86. The Morgan fingerprint density at radius 3 is 1.81 bits per heavy atom. The molecular weight excluding hydrogens is 472 g/mol. The van der Waals surface area contributed by atoms with Gasteiger partial charge in [-0.05, 0) is 63.2 Å². The molecule has 0 bridgehead atoms. The maximum Gasteiger partial charge on any atom is 0.184 e. The lowest BCUT2D eigenvalue weighted by Gasteiger charge is -2.44. The molecule has 6 rings (SSSR count). The van der Waals surface area contributed by atoms with Gasteiger partial charge in [0.15, 0.2) is 8.07 Å². The van der Waals surface area contributed by atoms with Gasteiger partial charge in [-0.25, -0.2) is 0 Å². The smallest absolute Gasteiger partial charge is 0.184 e. The summed E-state index contributed by atoms with van der Waals surface area (Å²) in [5.74, 6) is 1.71. The predicted octanol–water partition coefficient (Wildman–Crippen LogP) is 4.22. The van der Waals surface area contributed by atoms with Crippen LogP contribution in [0.25, 0.3) is 11.3 Å². The third-order valence-corrected chi connectivity index (χ3v) is 12.3. The molecule has 0 spiro atoms. The average molecular weight is 501 g/mol. The van der Waals surface area contributed by atoms with Gasteiger partial charge in [0.25, 0.3) is 0 Å². The van der Waals surface area contributed by atoms with Crippen molar-refractivity contribution in [2.45, 2.75) is 0 Å². The number of hydrogen-bond donors (Lipinski definition) is 0. The zero-order valence-corrected chi connectivity index (χ0v) is 22.2. The number of para-hydroxylation sites is 2. The SMILES string of the molecule is COc1ccc([Si]2(c3ccc(OC)cc3)c3ccccc3N(C)c3c(-c4ccccn4)cccc32)cc1. The van der Waals surface area contributed by atoms with E-state index in [2.05, 4.69) is 115 Å². The first-order valence-corrected chi connectivity index (χ1v) is 14.4. The molecule has 0 fully saturated rings. The first-order valence-electron chi connectivity index (χ1n) is 12.4. The number of aromatic nitrogens is 1. The van der Waals surface area contributed by atoms with Crippen LogP contribution in [0.15, 0.2) is 115 Å². The van der Waals surface area contributed by atoms with Gasteiger partial charge in [-0.2, -0.15) is 0 Å². The van der Waals surface area contributed by atoms with E-state index in [1.807, 2.05) is 12.3 Å². The molecule has 0 atom stereocenters. The van der Waals surface area contributed by atoms with Crippen molar-refractivity contribution in [2.75, 3.05) is 26.2 Å². The third-order valence-electron chi connectivity index (χ3n) is 7.43.